The molecule has 0 unspecified atom stereocenters. The van der Waals surface area contributed by atoms with Crippen molar-refractivity contribution >= 4 is 34.7 Å². The Bertz CT molecular complexity index is 841. The van der Waals surface area contributed by atoms with Crippen LogP contribution in [0.1, 0.15) is 26.6 Å². The van der Waals surface area contributed by atoms with Gasteiger partial charge in [0, 0.05) is 21.7 Å². The summed E-state index contributed by atoms with van der Waals surface area (Å²) >= 11 is 3.29. The van der Waals surface area contributed by atoms with Gasteiger partial charge in [-0.3, -0.25) is 4.79 Å². The molecule has 0 bridgehead atoms. The van der Waals surface area contributed by atoms with E-state index in [4.69, 9.17) is 0 Å². The highest BCUT2D eigenvalue weighted by Crippen LogP contribution is 2.27. The molecule has 5 heteroatoms. The second kappa shape index (κ2) is 7.64. The third kappa shape index (κ3) is 4.24. The van der Waals surface area contributed by atoms with Crippen LogP contribution in [0.2, 0.25) is 0 Å². The topological polar surface area (TPSA) is 42.0 Å². The van der Waals surface area contributed by atoms with Crippen molar-refractivity contribution in [3.8, 4) is 0 Å². The van der Waals surface area contributed by atoms with Crippen LogP contribution in [0.4, 0.5) is 5.69 Å². The molecule has 0 saturated carbocycles. The van der Waals surface area contributed by atoms with Crippen molar-refractivity contribution in [1.29, 1.82) is 0 Å². The van der Waals surface area contributed by atoms with Gasteiger partial charge in [-0.15, -0.1) is 23.1 Å². The Morgan fingerprint density at radius 1 is 1.12 bits per heavy atom. The van der Waals surface area contributed by atoms with Crippen molar-refractivity contribution in [2.45, 2.75) is 24.5 Å². The number of nitrogens with one attached hydrogen (secondary N) is 1. The van der Waals surface area contributed by atoms with Crippen LogP contribution in [0.15, 0.2) is 58.8 Å². The molecule has 0 radical (unpaired) electrons. The Balaban J connectivity index is 1.72. The molecular formula is C19H18N2OS2. The van der Waals surface area contributed by atoms with E-state index in [1.54, 1.807) is 23.1 Å². The van der Waals surface area contributed by atoms with Gasteiger partial charge in [-0.2, -0.15) is 0 Å². The van der Waals surface area contributed by atoms with Gasteiger partial charge in [0.2, 0.25) is 0 Å². The summed E-state index contributed by atoms with van der Waals surface area (Å²) in [6.07, 6.45) is 0. The number of benzene rings is 2. The van der Waals surface area contributed by atoms with E-state index in [1.165, 1.54) is 5.56 Å². The second-order valence-corrected chi connectivity index (χ2v) is 7.54. The molecule has 1 N–H and O–H groups in total. The lowest BCUT2D eigenvalue weighted by Crippen LogP contribution is -2.12. The lowest BCUT2D eigenvalue weighted by atomic mass is 10.2. The average molecular weight is 355 g/mol. The van der Waals surface area contributed by atoms with Crippen LogP contribution in [0.5, 0.6) is 0 Å². The molecule has 0 saturated heterocycles. The third-order valence-electron chi connectivity index (χ3n) is 3.48. The molecule has 0 aliphatic heterocycles. The van der Waals surface area contributed by atoms with E-state index in [-0.39, 0.29) is 5.91 Å². The quantitative estimate of drug-likeness (QED) is 0.632. The smallest absolute Gasteiger partial charge is 0.256 e. The number of carbonyl (C=O) groups excluding carboxylic acids is 1. The molecular weight excluding hydrogens is 336 g/mol. The SMILES string of the molecule is Cc1ccc(NC(=O)c2ccccc2SCc2csc(C)n2)cc1. The van der Waals surface area contributed by atoms with Gasteiger partial charge in [0.25, 0.3) is 5.91 Å². The molecule has 122 valence electrons. The zero-order valence-corrected chi connectivity index (χ0v) is 15.2. The summed E-state index contributed by atoms with van der Waals surface area (Å²) in [5, 5.41) is 6.09. The summed E-state index contributed by atoms with van der Waals surface area (Å²) in [6.45, 7) is 4.03. The molecule has 0 spiro atoms. The van der Waals surface area contributed by atoms with Gasteiger partial charge in [0.15, 0.2) is 0 Å². The van der Waals surface area contributed by atoms with Crippen molar-refractivity contribution in [1.82, 2.24) is 4.98 Å². The number of rotatable bonds is 5. The predicted molar refractivity (Wildman–Crippen MR) is 102 cm³/mol. The molecule has 0 aliphatic rings. The van der Waals surface area contributed by atoms with E-state index in [1.807, 2.05) is 62.4 Å². The molecule has 1 heterocycles. The van der Waals surface area contributed by atoms with E-state index in [9.17, 15) is 4.79 Å². The van der Waals surface area contributed by atoms with E-state index in [2.05, 4.69) is 15.7 Å². The summed E-state index contributed by atoms with van der Waals surface area (Å²) in [5.74, 6) is 0.676. The number of hydrogen-bond donors (Lipinski definition) is 1. The van der Waals surface area contributed by atoms with Gasteiger partial charge in [-0.25, -0.2) is 4.98 Å². The van der Waals surface area contributed by atoms with E-state index >= 15 is 0 Å². The number of carbonyl (C=O) groups is 1. The maximum absolute atomic E-state index is 12.6. The van der Waals surface area contributed by atoms with Gasteiger partial charge in [0.05, 0.1) is 16.3 Å². The highest BCUT2D eigenvalue weighted by molar-refractivity contribution is 7.98. The fourth-order valence-corrected chi connectivity index (χ4v) is 3.90. The Morgan fingerprint density at radius 2 is 1.88 bits per heavy atom. The molecule has 3 rings (SSSR count). The number of aromatic nitrogens is 1. The molecule has 0 fully saturated rings. The maximum atomic E-state index is 12.6. The van der Waals surface area contributed by atoms with Crippen molar-refractivity contribution in [2.24, 2.45) is 0 Å². The van der Waals surface area contributed by atoms with Crippen molar-refractivity contribution in [3.05, 3.63) is 75.7 Å². The number of thioether (sulfide) groups is 1. The molecule has 1 amide bonds. The summed E-state index contributed by atoms with van der Waals surface area (Å²) in [7, 11) is 0. The van der Waals surface area contributed by atoms with Crippen LogP contribution in [0.25, 0.3) is 0 Å². The molecule has 2 aromatic carbocycles. The number of thiazole rings is 1. The van der Waals surface area contributed by atoms with Crippen LogP contribution in [0, 0.1) is 13.8 Å². The van der Waals surface area contributed by atoms with Gasteiger partial charge in [-0.1, -0.05) is 29.8 Å². The third-order valence-corrected chi connectivity index (χ3v) is 5.41. The Hall–Kier alpha value is -2.11. The first kappa shape index (κ1) is 16.7. The summed E-state index contributed by atoms with van der Waals surface area (Å²) in [4.78, 5) is 18.0. The molecule has 3 aromatic rings. The average Bonchev–Trinajstić information content (AvgIpc) is 3.01. The molecule has 1 aromatic heterocycles. The minimum Gasteiger partial charge on any atom is -0.322 e. The summed E-state index contributed by atoms with van der Waals surface area (Å²) in [6, 6.07) is 15.5. The predicted octanol–water partition coefficient (Wildman–Crippen LogP) is 5.30. The molecule has 0 atom stereocenters. The first-order valence-corrected chi connectivity index (χ1v) is 9.49. The fourth-order valence-electron chi connectivity index (χ4n) is 2.24. The number of aryl methyl sites for hydroxylation is 2. The molecule has 3 nitrogen and oxygen atoms in total. The molecule has 24 heavy (non-hydrogen) atoms. The minimum absolute atomic E-state index is 0.0867. The first-order chi connectivity index (χ1) is 11.6. The van der Waals surface area contributed by atoms with Crippen LogP contribution < -0.4 is 5.32 Å². The second-order valence-electron chi connectivity index (χ2n) is 5.46. The van der Waals surface area contributed by atoms with Gasteiger partial charge < -0.3 is 5.32 Å². The number of anilines is 1. The van der Waals surface area contributed by atoms with Crippen molar-refractivity contribution in [2.75, 3.05) is 5.32 Å². The van der Waals surface area contributed by atoms with Crippen molar-refractivity contribution in [3.63, 3.8) is 0 Å². The van der Waals surface area contributed by atoms with Gasteiger partial charge in [0.1, 0.15) is 0 Å². The highest BCUT2D eigenvalue weighted by Gasteiger charge is 2.12. The van der Waals surface area contributed by atoms with Gasteiger partial charge in [-0.05, 0) is 38.1 Å². The van der Waals surface area contributed by atoms with Crippen LogP contribution >= 0.6 is 23.1 Å². The monoisotopic (exact) mass is 354 g/mol. The van der Waals surface area contributed by atoms with E-state index in [0.717, 1.165) is 27.0 Å². The summed E-state index contributed by atoms with van der Waals surface area (Å²) in [5.41, 5.74) is 3.72. The highest BCUT2D eigenvalue weighted by atomic mass is 32.2. The van der Waals surface area contributed by atoms with Crippen LogP contribution in [-0.2, 0) is 5.75 Å². The molecule has 0 aliphatic carbocycles. The zero-order chi connectivity index (χ0) is 16.9. The largest absolute Gasteiger partial charge is 0.322 e. The number of nitrogens with zero attached hydrogens (tertiary/aromatic N) is 1. The van der Waals surface area contributed by atoms with Crippen molar-refractivity contribution < 1.29 is 4.79 Å². The van der Waals surface area contributed by atoms with Crippen LogP contribution in [-0.4, -0.2) is 10.9 Å². The fraction of sp³-hybridized carbons (Fsp3) is 0.158. The standard InChI is InChI=1S/C19H18N2OS2/c1-13-7-9-15(10-8-13)21-19(22)17-5-3-4-6-18(17)24-12-16-11-23-14(2)20-16/h3-11H,12H2,1-2H3,(H,21,22). The Kier molecular flexibility index (Phi) is 5.33. The number of hydrogen-bond acceptors (Lipinski definition) is 4. The van der Waals surface area contributed by atoms with Crippen LogP contribution in [0.3, 0.4) is 0 Å². The lowest BCUT2D eigenvalue weighted by Gasteiger charge is -2.10. The Morgan fingerprint density at radius 3 is 2.58 bits per heavy atom. The minimum atomic E-state index is -0.0867. The lowest BCUT2D eigenvalue weighted by molar-refractivity contribution is 0.102. The number of amides is 1. The summed E-state index contributed by atoms with van der Waals surface area (Å²) < 4.78 is 0. The normalized spacial score (nSPS) is 10.6. The van der Waals surface area contributed by atoms with E-state index < -0.39 is 0 Å². The Labute approximate surface area is 150 Å². The van der Waals surface area contributed by atoms with E-state index in [0.29, 0.717) is 5.56 Å². The van der Waals surface area contributed by atoms with Gasteiger partial charge >= 0.3 is 0 Å². The zero-order valence-electron chi connectivity index (χ0n) is 13.6. The maximum Gasteiger partial charge on any atom is 0.256 e. The first-order valence-electron chi connectivity index (χ1n) is 7.62.